The first-order valence-electron chi connectivity index (χ1n) is 3.23. The topological polar surface area (TPSA) is 58.6 Å². The first-order chi connectivity index (χ1) is 4.65. The molecule has 0 aliphatic carbocycles. The van der Waals surface area contributed by atoms with Crippen molar-refractivity contribution in [2.24, 2.45) is 0 Å². The lowest BCUT2D eigenvalue weighted by Crippen LogP contribution is -2.52. The molecule has 0 aromatic carbocycles. The Morgan fingerprint density at radius 3 is 2.80 bits per heavy atom. The fourth-order valence-corrected chi connectivity index (χ4v) is 0.864. The van der Waals surface area contributed by atoms with E-state index in [9.17, 15) is 4.79 Å². The zero-order chi connectivity index (χ0) is 7.61. The summed E-state index contributed by atoms with van der Waals surface area (Å²) in [5.74, 6) is -0.903. The van der Waals surface area contributed by atoms with Crippen molar-refractivity contribution in [3.8, 4) is 0 Å². The van der Waals surface area contributed by atoms with Crippen molar-refractivity contribution in [1.29, 1.82) is 0 Å². The summed E-state index contributed by atoms with van der Waals surface area (Å²) < 4.78 is 5.06. The molecule has 10 heavy (non-hydrogen) atoms. The van der Waals surface area contributed by atoms with Crippen LogP contribution < -0.4 is 5.32 Å². The van der Waals surface area contributed by atoms with Crippen LogP contribution in [0.1, 0.15) is 6.92 Å². The van der Waals surface area contributed by atoms with Crippen LogP contribution >= 0.6 is 0 Å². The van der Waals surface area contributed by atoms with Gasteiger partial charge in [-0.05, 0) is 6.92 Å². The van der Waals surface area contributed by atoms with Crippen LogP contribution in [0.4, 0.5) is 0 Å². The number of carboxylic acids is 1. The molecule has 4 nitrogen and oxygen atoms in total. The first-order valence-corrected chi connectivity index (χ1v) is 3.23. The largest absolute Gasteiger partial charge is 0.479 e. The number of carbonyl (C=O) groups is 1. The monoisotopic (exact) mass is 145 g/mol. The molecular formula is C6H11NO3. The van der Waals surface area contributed by atoms with Crippen LogP contribution in [0.25, 0.3) is 0 Å². The van der Waals surface area contributed by atoms with Gasteiger partial charge in [0.2, 0.25) is 0 Å². The molecule has 1 atom stereocenters. The van der Waals surface area contributed by atoms with Crippen LogP contribution in [0.5, 0.6) is 0 Å². The second kappa shape index (κ2) is 2.56. The molecular weight excluding hydrogens is 134 g/mol. The molecule has 0 spiro atoms. The summed E-state index contributed by atoms with van der Waals surface area (Å²) in [6.45, 7) is 3.18. The lowest BCUT2D eigenvalue weighted by atomic mass is 10.1. The van der Waals surface area contributed by atoms with E-state index in [1.807, 2.05) is 0 Å². The summed E-state index contributed by atoms with van der Waals surface area (Å²) >= 11 is 0. The average Bonchev–Trinajstić information content (AvgIpc) is 1.89. The van der Waals surface area contributed by atoms with Gasteiger partial charge in [0.15, 0.2) is 5.60 Å². The minimum absolute atomic E-state index is 0.391. The third-order valence-electron chi connectivity index (χ3n) is 1.61. The Labute approximate surface area is 59.2 Å². The van der Waals surface area contributed by atoms with E-state index < -0.39 is 11.6 Å². The maximum atomic E-state index is 10.5. The van der Waals surface area contributed by atoms with Gasteiger partial charge in [0.25, 0.3) is 0 Å². The maximum Gasteiger partial charge on any atom is 0.337 e. The van der Waals surface area contributed by atoms with Gasteiger partial charge in [0.1, 0.15) is 0 Å². The Morgan fingerprint density at radius 1 is 1.80 bits per heavy atom. The molecule has 0 bridgehead atoms. The van der Waals surface area contributed by atoms with Gasteiger partial charge < -0.3 is 15.2 Å². The number of hydrogen-bond acceptors (Lipinski definition) is 3. The van der Waals surface area contributed by atoms with Crippen molar-refractivity contribution in [1.82, 2.24) is 5.32 Å². The van der Waals surface area contributed by atoms with Gasteiger partial charge in [-0.25, -0.2) is 4.79 Å². The predicted octanol–water partition coefficient (Wildman–Crippen LogP) is -0.551. The highest BCUT2D eigenvalue weighted by molar-refractivity contribution is 5.77. The highest BCUT2D eigenvalue weighted by Gasteiger charge is 2.35. The summed E-state index contributed by atoms with van der Waals surface area (Å²) in [5, 5.41) is 11.6. The molecule has 1 fully saturated rings. The molecule has 4 heteroatoms. The van der Waals surface area contributed by atoms with Crippen LogP contribution in [0.2, 0.25) is 0 Å². The van der Waals surface area contributed by atoms with Crippen molar-refractivity contribution >= 4 is 5.97 Å². The third-order valence-corrected chi connectivity index (χ3v) is 1.61. The second-order valence-corrected chi connectivity index (χ2v) is 2.56. The Balaban J connectivity index is 2.56. The molecule has 1 unspecified atom stereocenters. The van der Waals surface area contributed by atoms with Crippen molar-refractivity contribution in [2.45, 2.75) is 12.5 Å². The molecule has 2 N–H and O–H groups in total. The quantitative estimate of drug-likeness (QED) is 0.519. The molecule has 1 heterocycles. The van der Waals surface area contributed by atoms with Gasteiger partial charge in [0.05, 0.1) is 6.61 Å². The van der Waals surface area contributed by atoms with Crippen LogP contribution in [-0.4, -0.2) is 36.4 Å². The summed E-state index contributed by atoms with van der Waals surface area (Å²) in [6, 6.07) is 0. The van der Waals surface area contributed by atoms with Gasteiger partial charge in [-0.3, -0.25) is 0 Å². The molecule has 1 aliphatic heterocycles. The van der Waals surface area contributed by atoms with E-state index in [1.54, 1.807) is 6.92 Å². The molecule has 0 radical (unpaired) electrons. The Hall–Kier alpha value is -0.610. The van der Waals surface area contributed by atoms with Gasteiger partial charge >= 0.3 is 5.97 Å². The molecule has 1 rings (SSSR count). The van der Waals surface area contributed by atoms with Crippen molar-refractivity contribution in [2.75, 3.05) is 19.7 Å². The number of aliphatic carboxylic acids is 1. The van der Waals surface area contributed by atoms with Crippen molar-refractivity contribution in [3.05, 3.63) is 0 Å². The van der Waals surface area contributed by atoms with E-state index >= 15 is 0 Å². The summed E-state index contributed by atoms with van der Waals surface area (Å²) in [4.78, 5) is 10.5. The van der Waals surface area contributed by atoms with E-state index in [0.717, 1.165) is 6.54 Å². The number of hydrogen-bond donors (Lipinski definition) is 2. The third kappa shape index (κ3) is 1.27. The average molecular weight is 145 g/mol. The van der Waals surface area contributed by atoms with Crippen LogP contribution in [0.3, 0.4) is 0 Å². The number of rotatable bonds is 1. The molecule has 0 amide bonds. The summed E-state index contributed by atoms with van der Waals surface area (Å²) in [7, 11) is 0. The molecule has 1 aliphatic rings. The van der Waals surface area contributed by atoms with E-state index in [2.05, 4.69) is 5.32 Å². The van der Waals surface area contributed by atoms with Crippen LogP contribution in [0.15, 0.2) is 0 Å². The zero-order valence-corrected chi connectivity index (χ0v) is 5.89. The number of nitrogens with one attached hydrogen (secondary N) is 1. The van der Waals surface area contributed by atoms with Gasteiger partial charge in [-0.1, -0.05) is 0 Å². The Kier molecular flexibility index (Phi) is 1.92. The van der Waals surface area contributed by atoms with E-state index in [0.29, 0.717) is 13.2 Å². The minimum atomic E-state index is -1.02. The molecule has 0 aromatic rings. The number of morpholine rings is 1. The fourth-order valence-electron chi connectivity index (χ4n) is 0.864. The van der Waals surface area contributed by atoms with E-state index in [4.69, 9.17) is 9.84 Å². The Bertz CT molecular complexity index is 140. The van der Waals surface area contributed by atoms with Crippen LogP contribution in [-0.2, 0) is 9.53 Å². The number of carboxylic acid groups (broad SMARTS) is 1. The highest BCUT2D eigenvalue weighted by atomic mass is 16.5. The van der Waals surface area contributed by atoms with Crippen LogP contribution in [0, 0.1) is 0 Å². The minimum Gasteiger partial charge on any atom is -0.479 e. The van der Waals surface area contributed by atoms with E-state index in [-0.39, 0.29) is 0 Å². The SMILES string of the molecule is CC1(C(=O)O)CNCCO1. The van der Waals surface area contributed by atoms with E-state index in [1.165, 1.54) is 0 Å². The molecule has 0 aromatic heterocycles. The van der Waals surface area contributed by atoms with Crippen molar-refractivity contribution in [3.63, 3.8) is 0 Å². The normalized spacial score (nSPS) is 33.7. The standard InChI is InChI=1S/C6H11NO3/c1-6(5(8)9)4-7-2-3-10-6/h7H,2-4H2,1H3,(H,8,9). The highest BCUT2D eigenvalue weighted by Crippen LogP contribution is 2.11. The molecule has 1 saturated heterocycles. The Morgan fingerprint density at radius 2 is 2.50 bits per heavy atom. The number of ether oxygens (including phenoxy) is 1. The first kappa shape index (κ1) is 7.50. The smallest absolute Gasteiger partial charge is 0.337 e. The summed E-state index contributed by atoms with van der Waals surface area (Å²) in [6.07, 6.45) is 0. The predicted molar refractivity (Wildman–Crippen MR) is 34.9 cm³/mol. The zero-order valence-electron chi connectivity index (χ0n) is 5.89. The second-order valence-electron chi connectivity index (χ2n) is 2.56. The summed E-state index contributed by atoms with van der Waals surface area (Å²) in [5.41, 5.74) is -1.02. The fraction of sp³-hybridized carbons (Fsp3) is 0.833. The van der Waals surface area contributed by atoms with Crippen molar-refractivity contribution < 1.29 is 14.6 Å². The lowest BCUT2D eigenvalue weighted by molar-refractivity contribution is -0.166. The molecule has 0 saturated carbocycles. The van der Waals surface area contributed by atoms with Gasteiger partial charge in [0, 0.05) is 13.1 Å². The maximum absolute atomic E-state index is 10.5. The van der Waals surface area contributed by atoms with Gasteiger partial charge in [-0.2, -0.15) is 0 Å². The molecule has 58 valence electrons. The van der Waals surface area contributed by atoms with Gasteiger partial charge in [-0.15, -0.1) is 0 Å². The lowest BCUT2D eigenvalue weighted by Gasteiger charge is -2.29.